The van der Waals surface area contributed by atoms with Crippen LogP contribution in [-0.2, 0) is 9.59 Å². The highest BCUT2D eigenvalue weighted by atomic mass is 16.6. The van der Waals surface area contributed by atoms with Crippen LogP contribution in [0.3, 0.4) is 0 Å². The van der Waals surface area contributed by atoms with E-state index in [1.165, 1.54) is 18.2 Å². The van der Waals surface area contributed by atoms with Gasteiger partial charge in [0.2, 0.25) is 11.8 Å². The van der Waals surface area contributed by atoms with Crippen molar-refractivity contribution < 1.29 is 14.5 Å². The maximum Gasteiger partial charge on any atom is 0.276 e. The lowest BCUT2D eigenvalue weighted by Crippen LogP contribution is -2.17. The van der Waals surface area contributed by atoms with E-state index in [0.717, 1.165) is 12.8 Å². The van der Waals surface area contributed by atoms with Crippen molar-refractivity contribution in [2.24, 2.45) is 5.92 Å². The number of nitrogens with one attached hydrogen (secondary N) is 2. The first-order valence-electron chi connectivity index (χ1n) is 9.31. The average molecular weight is 391 g/mol. The summed E-state index contributed by atoms with van der Waals surface area (Å²) in [4.78, 5) is 35.1. The van der Waals surface area contributed by atoms with E-state index >= 15 is 0 Å². The summed E-state index contributed by atoms with van der Waals surface area (Å²) in [5.74, 6) is -0.316. The number of anilines is 2. The molecule has 2 aromatic carbocycles. The lowest BCUT2D eigenvalue weighted by atomic mass is 10.0. The molecule has 0 aliphatic heterocycles. The average Bonchev–Trinajstić information content (AvgIpc) is 3.21. The Kier molecular flexibility index (Phi) is 6.52. The van der Waals surface area contributed by atoms with Gasteiger partial charge in [-0.1, -0.05) is 36.4 Å². The van der Waals surface area contributed by atoms with Gasteiger partial charge in [0, 0.05) is 18.6 Å². The second-order valence-corrected chi connectivity index (χ2v) is 6.70. The predicted octanol–water partition coefficient (Wildman–Crippen LogP) is 4.54. The minimum atomic E-state index is -0.498. The van der Waals surface area contributed by atoms with Crippen LogP contribution >= 0.6 is 0 Å². The highest BCUT2D eigenvalue weighted by Crippen LogP contribution is 2.24. The number of nitrogens with zero attached hydrogens (tertiary/aromatic N) is 1. The van der Waals surface area contributed by atoms with E-state index in [0.29, 0.717) is 23.4 Å². The van der Waals surface area contributed by atoms with Crippen LogP contribution in [0.5, 0.6) is 0 Å². The summed E-state index contributed by atoms with van der Waals surface area (Å²) in [5, 5.41) is 16.6. The van der Waals surface area contributed by atoms with Gasteiger partial charge in [-0.15, -0.1) is 0 Å². The molecule has 0 spiro atoms. The minimum absolute atomic E-state index is 0.0785. The summed E-state index contributed by atoms with van der Waals surface area (Å²) in [7, 11) is 0. The summed E-state index contributed by atoms with van der Waals surface area (Å²) in [6, 6.07) is 13.1. The maximum absolute atomic E-state index is 12.3. The molecule has 7 heteroatoms. The van der Waals surface area contributed by atoms with E-state index in [-0.39, 0.29) is 17.5 Å². The van der Waals surface area contributed by atoms with Crippen LogP contribution in [0.4, 0.5) is 17.1 Å². The molecule has 2 aromatic rings. The fraction of sp³-hybridized carbons (Fsp3) is 0.182. The molecule has 29 heavy (non-hydrogen) atoms. The number of benzene rings is 2. The first kappa shape index (κ1) is 20.0. The molecule has 0 saturated heterocycles. The molecule has 1 unspecified atom stereocenters. The normalized spacial score (nSPS) is 15.4. The molecule has 1 atom stereocenters. The van der Waals surface area contributed by atoms with Gasteiger partial charge in [0.05, 0.1) is 21.9 Å². The predicted molar refractivity (Wildman–Crippen MR) is 112 cm³/mol. The zero-order valence-corrected chi connectivity index (χ0v) is 15.7. The monoisotopic (exact) mass is 391 g/mol. The van der Waals surface area contributed by atoms with Crippen LogP contribution in [0.15, 0.2) is 66.8 Å². The van der Waals surface area contributed by atoms with E-state index < -0.39 is 10.8 Å². The van der Waals surface area contributed by atoms with Crippen molar-refractivity contribution in [2.75, 3.05) is 10.6 Å². The fourth-order valence-corrected chi connectivity index (χ4v) is 3.14. The van der Waals surface area contributed by atoms with Gasteiger partial charge in [-0.25, -0.2) is 0 Å². The van der Waals surface area contributed by atoms with E-state index in [2.05, 4.69) is 22.8 Å². The minimum Gasteiger partial charge on any atom is -0.324 e. The Hall–Kier alpha value is -3.74. The van der Waals surface area contributed by atoms with Crippen molar-refractivity contribution in [1.82, 2.24) is 0 Å². The largest absolute Gasteiger partial charge is 0.324 e. The number of hydrogen-bond donors (Lipinski definition) is 2. The number of carbonyl (C=O) groups is 2. The molecule has 0 radical (unpaired) electrons. The Morgan fingerprint density at radius 3 is 2.45 bits per heavy atom. The highest BCUT2D eigenvalue weighted by molar-refractivity contribution is 6.05. The molecule has 7 nitrogen and oxygen atoms in total. The van der Waals surface area contributed by atoms with Crippen molar-refractivity contribution in [3.63, 3.8) is 0 Å². The molecular formula is C22H21N3O4. The Balaban J connectivity index is 1.65. The fourth-order valence-electron chi connectivity index (χ4n) is 3.14. The third-order valence-electron chi connectivity index (χ3n) is 4.57. The molecule has 0 aromatic heterocycles. The molecule has 148 valence electrons. The smallest absolute Gasteiger partial charge is 0.276 e. The van der Waals surface area contributed by atoms with E-state index in [4.69, 9.17) is 0 Å². The first-order chi connectivity index (χ1) is 14.0. The number of carbonyl (C=O) groups excluding carboxylic acids is 2. The SMILES string of the molecule is O=C(C=Cc1ccccc1[N+](=O)[O-])Nc1ccccc1NC(=O)CC1C=CCC1. The van der Waals surface area contributed by atoms with Crippen LogP contribution in [0.2, 0.25) is 0 Å². The van der Waals surface area contributed by atoms with Gasteiger partial charge in [-0.2, -0.15) is 0 Å². The van der Waals surface area contributed by atoms with Gasteiger partial charge < -0.3 is 10.6 Å². The number of amides is 2. The van der Waals surface area contributed by atoms with Gasteiger partial charge in [0.1, 0.15) is 0 Å². The van der Waals surface area contributed by atoms with Crippen LogP contribution < -0.4 is 10.6 Å². The van der Waals surface area contributed by atoms with E-state index in [1.807, 2.05) is 0 Å². The number of nitro groups is 1. The van der Waals surface area contributed by atoms with Gasteiger partial charge in [0.15, 0.2) is 0 Å². The molecule has 2 amide bonds. The Morgan fingerprint density at radius 1 is 1.07 bits per heavy atom. The number of nitro benzene ring substituents is 1. The van der Waals surface area contributed by atoms with Gasteiger partial charge in [-0.3, -0.25) is 19.7 Å². The third kappa shape index (κ3) is 5.62. The number of allylic oxidation sites excluding steroid dienone is 2. The zero-order chi connectivity index (χ0) is 20.6. The molecular weight excluding hydrogens is 370 g/mol. The number of rotatable bonds is 7. The lowest BCUT2D eigenvalue weighted by molar-refractivity contribution is -0.385. The summed E-state index contributed by atoms with van der Waals surface area (Å²) in [5.41, 5.74) is 1.22. The quantitative estimate of drug-likeness (QED) is 0.313. The summed E-state index contributed by atoms with van der Waals surface area (Å²) >= 11 is 0. The molecule has 0 fully saturated rings. The number of para-hydroxylation sites is 3. The van der Waals surface area contributed by atoms with Crippen molar-refractivity contribution in [2.45, 2.75) is 19.3 Å². The van der Waals surface area contributed by atoms with Crippen molar-refractivity contribution in [1.29, 1.82) is 0 Å². The second kappa shape index (κ2) is 9.45. The van der Waals surface area contributed by atoms with Gasteiger partial charge in [0.25, 0.3) is 5.69 Å². The zero-order valence-electron chi connectivity index (χ0n) is 15.7. The van der Waals surface area contributed by atoms with Gasteiger partial charge >= 0.3 is 0 Å². The van der Waals surface area contributed by atoms with Crippen molar-refractivity contribution in [3.05, 3.63) is 82.4 Å². The van der Waals surface area contributed by atoms with E-state index in [9.17, 15) is 19.7 Å². The highest BCUT2D eigenvalue weighted by Gasteiger charge is 2.15. The lowest BCUT2D eigenvalue weighted by Gasteiger charge is -2.13. The molecule has 0 bridgehead atoms. The summed E-state index contributed by atoms with van der Waals surface area (Å²) < 4.78 is 0. The Labute approximate surface area is 168 Å². The van der Waals surface area contributed by atoms with Crippen molar-refractivity contribution >= 4 is 35.0 Å². The molecule has 1 aliphatic carbocycles. The summed E-state index contributed by atoms with van der Waals surface area (Å²) in [6.07, 6.45) is 9.12. The van der Waals surface area contributed by atoms with Crippen LogP contribution in [0.25, 0.3) is 6.08 Å². The molecule has 3 rings (SSSR count). The molecule has 2 N–H and O–H groups in total. The standard InChI is InChI=1S/C22H21N3O4/c26-21(14-13-17-9-3-6-12-20(17)25(28)29)23-18-10-4-5-11-19(18)24-22(27)15-16-7-1-2-8-16/h1,3-7,9-14,16H,2,8,15H2,(H,23,26)(H,24,27). The Bertz CT molecular complexity index is 982. The molecule has 1 aliphatic rings. The topological polar surface area (TPSA) is 101 Å². The maximum atomic E-state index is 12.3. The first-order valence-corrected chi connectivity index (χ1v) is 9.31. The third-order valence-corrected chi connectivity index (χ3v) is 4.57. The Morgan fingerprint density at radius 2 is 1.76 bits per heavy atom. The van der Waals surface area contributed by atoms with E-state index in [1.54, 1.807) is 42.5 Å². The van der Waals surface area contributed by atoms with Crippen molar-refractivity contribution in [3.8, 4) is 0 Å². The molecule has 0 saturated carbocycles. The van der Waals surface area contributed by atoms with Crippen LogP contribution in [0, 0.1) is 16.0 Å². The van der Waals surface area contributed by atoms with Crippen LogP contribution in [0.1, 0.15) is 24.8 Å². The number of hydrogen-bond acceptors (Lipinski definition) is 4. The second-order valence-electron chi connectivity index (χ2n) is 6.70. The van der Waals surface area contributed by atoms with Gasteiger partial charge in [-0.05, 0) is 43.0 Å². The summed E-state index contributed by atoms with van der Waals surface area (Å²) in [6.45, 7) is 0. The molecule has 0 heterocycles. The van der Waals surface area contributed by atoms with Crippen LogP contribution in [-0.4, -0.2) is 16.7 Å².